The molecule has 5 rings (SSSR count). The molecule has 0 amide bonds. The van der Waals surface area contributed by atoms with Crippen LogP contribution in [0.2, 0.25) is 0 Å². The molecule has 37 heavy (non-hydrogen) atoms. The minimum absolute atomic E-state index is 0.151. The Bertz CT molecular complexity index is 1550. The van der Waals surface area contributed by atoms with E-state index in [1.54, 1.807) is 16.8 Å². The Balaban J connectivity index is 1.64. The fraction of sp³-hybridized carbons (Fsp3) is 0.333. The van der Waals surface area contributed by atoms with E-state index in [0.29, 0.717) is 36.7 Å². The molecule has 1 aliphatic heterocycles. The molecule has 0 bridgehead atoms. The smallest absolute Gasteiger partial charge is 0.333 e. The van der Waals surface area contributed by atoms with Gasteiger partial charge in [-0.25, -0.2) is 9.89 Å². The lowest BCUT2D eigenvalue weighted by Gasteiger charge is -2.32. The van der Waals surface area contributed by atoms with Gasteiger partial charge < -0.3 is 4.57 Å². The second-order valence-electron chi connectivity index (χ2n) is 9.25. The van der Waals surface area contributed by atoms with Gasteiger partial charge in [-0.05, 0) is 54.3 Å². The summed E-state index contributed by atoms with van der Waals surface area (Å²) in [5, 5.41) is 24.0. The number of rotatable bonds is 9. The molecule has 1 aliphatic rings. The maximum atomic E-state index is 14.0. The summed E-state index contributed by atoms with van der Waals surface area (Å²) in [6.45, 7) is 5.24. The molecule has 0 aliphatic carbocycles. The summed E-state index contributed by atoms with van der Waals surface area (Å²) in [6, 6.07) is 12.1. The second-order valence-corrected chi connectivity index (χ2v) is 9.25. The van der Waals surface area contributed by atoms with Crippen LogP contribution in [0.1, 0.15) is 49.9 Å². The molecule has 10 nitrogen and oxygen atoms in total. The van der Waals surface area contributed by atoms with Crippen molar-refractivity contribution in [3.8, 4) is 23.3 Å². The highest BCUT2D eigenvalue weighted by Gasteiger charge is 2.33. The molecular weight excluding hydrogens is 466 g/mol. The van der Waals surface area contributed by atoms with Crippen molar-refractivity contribution in [3.05, 3.63) is 82.3 Å². The van der Waals surface area contributed by atoms with Gasteiger partial charge in [-0.2, -0.15) is 5.26 Å². The van der Waals surface area contributed by atoms with Gasteiger partial charge in [-0.1, -0.05) is 37.6 Å². The highest BCUT2D eigenvalue weighted by Crippen LogP contribution is 2.35. The zero-order valence-electron chi connectivity index (χ0n) is 21.0. The number of nitrogens with one attached hydrogen (secondary N) is 1. The number of H-pyrrole nitrogens is 1. The van der Waals surface area contributed by atoms with E-state index in [4.69, 9.17) is 0 Å². The van der Waals surface area contributed by atoms with Crippen LogP contribution in [-0.4, -0.2) is 40.5 Å². The first kappa shape index (κ1) is 24.2. The number of nitriles is 1. The summed E-state index contributed by atoms with van der Waals surface area (Å²) in [7, 11) is 0. The number of hydrogen-bond acceptors (Lipinski definition) is 6. The van der Waals surface area contributed by atoms with E-state index in [0.717, 1.165) is 36.1 Å². The van der Waals surface area contributed by atoms with Crippen LogP contribution in [0.3, 0.4) is 0 Å². The van der Waals surface area contributed by atoms with Gasteiger partial charge in [0.25, 0.3) is 0 Å². The average molecular weight is 496 g/mol. The average Bonchev–Trinajstić information content (AvgIpc) is 3.68. The van der Waals surface area contributed by atoms with Gasteiger partial charge in [0.05, 0.1) is 5.56 Å². The summed E-state index contributed by atoms with van der Waals surface area (Å²) in [6.07, 6.45) is 12.9. The Morgan fingerprint density at radius 3 is 2.84 bits per heavy atom. The minimum Gasteiger partial charge on any atom is -0.333 e. The molecule has 1 N–H and O–H groups in total. The van der Waals surface area contributed by atoms with E-state index in [-0.39, 0.29) is 5.69 Å². The number of aliphatic imine (C=N–C) groups is 1. The second kappa shape index (κ2) is 10.2. The third kappa shape index (κ3) is 4.44. The van der Waals surface area contributed by atoms with E-state index in [1.807, 2.05) is 46.8 Å². The molecule has 188 valence electrons. The Labute approximate surface area is 214 Å². The van der Waals surface area contributed by atoms with Crippen molar-refractivity contribution in [1.29, 1.82) is 5.26 Å². The van der Waals surface area contributed by atoms with Crippen LogP contribution in [0, 0.1) is 11.3 Å². The molecule has 10 heteroatoms. The summed E-state index contributed by atoms with van der Waals surface area (Å²) in [4.78, 5) is 18.3. The fourth-order valence-electron chi connectivity index (χ4n) is 4.97. The zero-order valence-corrected chi connectivity index (χ0v) is 21.0. The van der Waals surface area contributed by atoms with Crippen molar-refractivity contribution in [2.24, 2.45) is 4.99 Å². The van der Waals surface area contributed by atoms with E-state index in [1.165, 1.54) is 0 Å². The molecule has 0 saturated carbocycles. The molecular formula is C27H29N9O. The van der Waals surface area contributed by atoms with Crippen LogP contribution in [0.4, 0.5) is 0 Å². The molecule has 1 unspecified atom stereocenters. The predicted molar refractivity (Wildman–Crippen MR) is 141 cm³/mol. The Morgan fingerprint density at radius 2 is 2.14 bits per heavy atom. The molecule has 3 aromatic heterocycles. The third-order valence-corrected chi connectivity index (χ3v) is 7.01. The van der Waals surface area contributed by atoms with Crippen molar-refractivity contribution in [1.82, 2.24) is 34.3 Å². The van der Waals surface area contributed by atoms with Crippen LogP contribution in [0.5, 0.6) is 0 Å². The molecule has 0 fully saturated rings. The number of unbranched alkanes of at least 4 members (excludes halogenated alkanes) is 1. The molecule has 1 aromatic carbocycles. The van der Waals surface area contributed by atoms with E-state index < -0.39 is 5.41 Å². The van der Waals surface area contributed by atoms with Crippen LogP contribution >= 0.6 is 0 Å². The van der Waals surface area contributed by atoms with Gasteiger partial charge in [0.2, 0.25) is 0 Å². The van der Waals surface area contributed by atoms with Gasteiger partial charge in [0, 0.05) is 54.6 Å². The third-order valence-electron chi connectivity index (χ3n) is 7.01. The zero-order chi connectivity index (χ0) is 25.8. The van der Waals surface area contributed by atoms with Crippen LogP contribution in [0.25, 0.3) is 17.2 Å². The number of aromatic nitrogens is 7. The largest absolute Gasteiger partial charge is 0.334 e. The number of aromatic amines is 1. The van der Waals surface area contributed by atoms with Gasteiger partial charge in [0.1, 0.15) is 11.9 Å². The first-order chi connectivity index (χ1) is 18.1. The molecule has 0 saturated heterocycles. The maximum absolute atomic E-state index is 14.0. The Hall–Kier alpha value is -4.52. The fourth-order valence-corrected chi connectivity index (χ4v) is 4.97. The monoisotopic (exact) mass is 495 g/mol. The SMILES string of the molecule is CCCCc1cn(-c2c(C#N)ccn2CC)c(=O)n1CC1(c2cccc(-c3nnn[nH]3)c2)C=CN=CC1. The van der Waals surface area contributed by atoms with Gasteiger partial charge in [-0.3, -0.25) is 14.1 Å². The van der Waals surface area contributed by atoms with Crippen molar-refractivity contribution >= 4 is 6.21 Å². The summed E-state index contributed by atoms with van der Waals surface area (Å²) >= 11 is 0. The maximum Gasteiger partial charge on any atom is 0.334 e. The standard InChI is InChI=1S/C27H29N9O/c1-3-5-9-23-18-35(25-21(17-28)10-15-34(25)4-2)26(37)36(23)19-27(11-13-29-14-12-27)22-8-6-7-20(16-22)24-30-32-33-31-24/h6-8,10-11,13-16,18H,3-5,9,12,19H2,1-2H3,(H,30,31,32,33). The lowest BCUT2D eigenvalue weighted by Crippen LogP contribution is -2.37. The van der Waals surface area contributed by atoms with Crippen molar-refractivity contribution < 1.29 is 0 Å². The lowest BCUT2D eigenvalue weighted by molar-refractivity contribution is 0.438. The molecule has 0 spiro atoms. The normalized spacial score (nSPS) is 16.8. The Morgan fingerprint density at radius 1 is 1.24 bits per heavy atom. The topological polar surface area (TPSA) is 122 Å². The number of nitrogens with zero attached hydrogens (tertiary/aromatic N) is 8. The van der Waals surface area contributed by atoms with Crippen molar-refractivity contribution in [2.75, 3.05) is 0 Å². The van der Waals surface area contributed by atoms with Crippen LogP contribution in [-0.2, 0) is 24.9 Å². The summed E-state index contributed by atoms with van der Waals surface area (Å²) in [5.74, 6) is 1.20. The number of aryl methyl sites for hydroxylation is 2. The van der Waals surface area contributed by atoms with E-state index >= 15 is 0 Å². The summed E-state index contributed by atoms with van der Waals surface area (Å²) in [5.41, 5.74) is 2.70. The highest BCUT2D eigenvalue weighted by atomic mass is 16.1. The van der Waals surface area contributed by atoms with E-state index in [9.17, 15) is 10.1 Å². The molecule has 4 heterocycles. The van der Waals surface area contributed by atoms with Crippen molar-refractivity contribution in [2.45, 2.75) is 58.0 Å². The molecule has 1 atom stereocenters. The summed E-state index contributed by atoms with van der Waals surface area (Å²) < 4.78 is 5.44. The van der Waals surface area contributed by atoms with Gasteiger partial charge in [-0.15, -0.1) is 5.10 Å². The van der Waals surface area contributed by atoms with Gasteiger partial charge in [0.15, 0.2) is 5.82 Å². The quantitative estimate of drug-likeness (QED) is 0.379. The Kier molecular flexibility index (Phi) is 6.68. The predicted octanol–water partition coefficient (Wildman–Crippen LogP) is 3.78. The lowest BCUT2D eigenvalue weighted by atomic mass is 9.76. The highest BCUT2D eigenvalue weighted by molar-refractivity contribution is 5.65. The number of benzene rings is 1. The number of imidazole rings is 1. The first-order valence-electron chi connectivity index (χ1n) is 12.5. The minimum atomic E-state index is -0.493. The first-order valence-corrected chi connectivity index (χ1v) is 12.5. The number of tetrazole rings is 1. The molecule has 0 radical (unpaired) electrons. The molecule has 4 aromatic rings. The van der Waals surface area contributed by atoms with E-state index in [2.05, 4.69) is 56.8 Å². The van der Waals surface area contributed by atoms with Gasteiger partial charge >= 0.3 is 5.69 Å². The van der Waals surface area contributed by atoms with Crippen molar-refractivity contribution in [3.63, 3.8) is 0 Å². The number of hydrogen-bond donors (Lipinski definition) is 1. The van der Waals surface area contributed by atoms with Crippen LogP contribution < -0.4 is 5.69 Å². The van der Waals surface area contributed by atoms with Crippen LogP contribution in [0.15, 0.2) is 64.8 Å². The number of allylic oxidation sites excluding steroid dienone is 1.